The summed E-state index contributed by atoms with van der Waals surface area (Å²) < 4.78 is 16.1. The number of rotatable bonds is 10. The summed E-state index contributed by atoms with van der Waals surface area (Å²) in [7, 11) is 0. The van der Waals surface area contributed by atoms with E-state index in [0.29, 0.717) is 12.4 Å². The van der Waals surface area contributed by atoms with Gasteiger partial charge in [-0.05, 0) is 6.42 Å². The van der Waals surface area contributed by atoms with Crippen LogP contribution in [0, 0.1) is 0 Å². The van der Waals surface area contributed by atoms with Gasteiger partial charge in [-0.15, -0.1) is 6.58 Å². The highest BCUT2D eigenvalue weighted by Crippen LogP contribution is 2.05. The lowest BCUT2D eigenvalue weighted by molar-refractivity contribution is 0.333. The molecule has 0 heterocycles. The van der Waals surface area contributed by atoms with Gasteiger partial charge in [0.2, 0.25) is 0 Å². The molecule has 0 fully saturated rings. The maximum Gasteiger partial charge on any atom is 0.159 e. The van der Waals surface area contributed by atoms with Gasteiger partial charge in [0, 0.05) is 0 Å². The molecule has 0 radical (unpaired) electrons. The van der Waals surface area contributed by atoms with Crippen molar-refractivity contribution >= 4 is 11.1 Å². The summed E-state index contributed by atoms with van der Waals surface area (Å²) in [4.78, 5) is 0. The molecule has 1 unspecified atom stereocenters. The fraction of sp³-hybridized carbons (Fsp3) is 0.818. The number of unbranched alkanes of at least 4 members (excludes halogenated alkanes) is 5. The van der Waals surface area contributed by atoms with E-state index >= 15 is 0 Å². The van der Waals surface area contributed by atoms with Gasteiger partial charge >= 0.3 is 0 Å². The SMILES string of the molecule is C=CCS(=O)OCCCCCCCC. The molecule has 0 rings (SSSR count). The van der Waals surface area contributed by atoms with Crippen molar-refractivity contribution in [2.24, 2.45) is 0 Å². The van der Waals surface area contributed by atoms with Gasteiger partial charge in [0.1, 0.15) is 0 Å². The largest absolute Gasteiger partial charge is 0.290 e. The van der Waals surface area contributed by atoms with Crippen LogP contribution >= 0.6 is 0 Å². The maximum absolute atomic E-state index is 11.0. The first kappa shape index (κ1) is 13.8. The van der Waals surface area contributed by atoms with Gasteiger partial charge < -0.3 is 0 Å². The average molecular weight is 218 g/mol. The molecule has 84 valence electrons. The van der Waals surface area contributed by atoms with Crippen LogP contribution in [0.5, 0.6) is 0 Å². The van der Waals surface area contributed by atoms with E-state index in [2.05, 4.69) is 13.5 Å². The minimum Gasteiger partial charge on any atom is -0.290 e. The molecule has 0 saturated carbocycles. The van der Waals surface area contributed by atoms with Crippen LogP contribution in [-0.2, 0) is 15.3 Å². The summed E-state index contributed by atoms with van der Waals surface area (Å²) in [5, 5.41) is 0. The first-order valence-corrected chi connectivity index (χ1v) is 6.68. The summed E-state index contributed by atoms with van der Waals surface area (Å²) >= 11 is -1.15. The van der Waals surface area contributed by atoms with Gasteiger partial charge in [0.05, 0.1) is 12.4 Å². The molecule has 0 N–H and O–H groups in total. The molecule has 0 aromatic carbocycles. The molecule has 14 heavy (non-hydrogen) atoms. The lowest BCUT2D eigenvalue weighted by Gasteiger charge is -2.01. The Morgan fingerprint density at radius 2 is 1.86 bits per heavy atom. The molecule has 1 atom stereocenters. The van der Waals surface area contributed by atoms with Crippen molar-refractivity contribution in [2.75, 3.05) is 12.4 Å². The Balaban J connectivity index is 3.05. The van der Waals surface area contributed by atoms with Crippen LogP contribution in [0.25, 0.3) is 0 Å². The molecule has 0 spiro atoms. The van der Waals surface area contributed by atoms with Crippen LogP contribution in [0.15, 0.2) is 12.7 Å². The second-order valence-corrected chi connectivity index (χ2v) is 4.53. The van der Waals surface area contributed by atoms with Gasteiger partial charge in [0.25, 0.3) is 0 Å². The summed E-state index contributed by atoms with van der Waals surface area (Å²) in [6, 6.07) is 0. The average Bonchev–Trinajstić information content (AvgIpc) is 2.17. The monoisotopic (exact) mass is 218 g/mol. The normalized spacial score (nSPS) is 12.6. The smallest absolute Gasteiger partial charge is 0.159 e. The minimum absolute atomic E-state index is 0.440. The molecule has 0 aliphatic carbocycles. The third kappa shape index (κ3) is 9.93. The second-order valence-electron chi connectivity index (χ2n) is 3.35. The van der Waals surface area contributed by atoms with E-state index in [1.54, 1.807) is 6.08 Å². The number of hydrogen-bond acceptors (Lipinski definition) is 2. The molecule has 0 aliphatic rings. The van der Waals surface area contributed by atoms with Crippen LogP contribution < -0.4 is 0 Å². The fourth-order valence-electron chi connectivity index (χ4n) is 1.18. The van der Waals surface area contributed by atoms with Crippen molar-refractivity contribution < 1.29 is 8.39 Å². The van der Waals surface area contributed by atoms with Crippen LogP contribution in [-0.4, -0.2) is 16.6 Å². The molecule has 0 bridgehead atoms. The first-order valence-electron chi connectivity index (χ1n) is 5.43. The van der Waals surface area contributed by atoms with E-state index in [-0.39, 0.29) is 0 Å². The molecule has 3 heteroatoms. The zero-order valence-corrected chi connectivity index (χ0v) is 9.98. The first-order chi connectivity index (χ1) is 6.81. The molecular weight excluding hydrogens is 196 g/mol. The summed E-state index contributed by atoms with van der Waals surface area (Å²) in [6.07, 6.45) is 9.01. The highest BCUT2D eigenvalue weighted by Gasteiger charge is 1.96. The predicted molar refractivity (Wildman–Crippen MR) is 62.5 cm³/mol. The van der Waals surface area contributed by atoms with E-state index < -0.39 is 11.1 Å². The molecule has 2 nitrogen and oxygen atoms in total. The Morgan fingerprint density at radius 3 is 2.50 bits per heavy atom. The Morgan fingerprint density at radius 1 is 1.21 bits per heavy atom. The lowest BCUT2D eigenvalue weighted by atomic mass is 10.1. The summed E-state index contributed by atoms with van der Waals surface area (Å²) in [5.41, 5.74) is 0. The molecule has 0 aromatic heterocycles. The topological polar surface area (TPSA) is 26.3 Å². The Hall–Kier alpha value is -0.150. The van der Waals surface area contributed by atoms with Crippen LogP contribution in [0.4, 0.5) is 0 Å². The fourth-order valence-corrected chi connectivity index (χ4v) is 1.77. The van der Waals surface area contributed by atoms with E-state index in [1.165, 1.54) is 32.1 Å². The van der Waals surface area contributed by atoms with E-state index in [0.717, 1.165) is 6.42 Å². The molecular formula is C11H22O2S. The molecule has 0 saturated heterocycles. The summed E-state index contributed by atoms with van der Waals surface area (Å²) in [6.45, 7) is 6.33. The third-order valence-corrected chi connectivity index (χ3v) is 2.90. The van der Waals surface area contributed by atoms with Gasteiger partial charge in [-0.25, -0.2) is 4.21 Å². The van der Waals surface area contributed by atoms with Crippen molar-refractivity contribution in [3.05, 3.63) is 12.7 Å². The van der Waals surface area contributed by atoms with Crippen molar-refractivity contribution in [2.45, 2.75) is 45.4 Å². The highest BCUT2D eigenvalue weighted by molar-refractivity contribution is 7.80. The molecule has 0 aliphatic heterocycles. The third-order valence-electron chi connectivity index (χ3n) is 1.97. The van der Waals surface area contributed by atoms with Gasteiger partial charge in [0.15, 0.2) is 11.1 Å². The van der Waals surface area contributed by atoms with Gasteiger partial charge in [-0.1, -0.05) is 45.1 Å². The zero-order chi connectivity index (χ0) is 10.6. The van der Waals surface area contributed by atoms with Crippen molar-refractivity contribution in [3.63, 3.8) is 0 Å². The molecule has 0 aromatic rings. The van der Waals surface area contributed by atoms with Crippen molar-refractivity contribution in [1.29, 1.82) is 0 Å². The Bertz CT molecular complexity index is 157. The standard InChI is InChI=1S/C11H22O2S/c1-3-5-6-7-8-9-10-13-14(12)11-4-2/h4H,2-3,5-11H2,1H3. The van der Waals surface area contributed by atoms with E-state index in [1.807, 2.05) is 0 Å². The lowest BCUT2D eigenvalue weighted by Crippen LogP contribution is -2.01. The predicted octanol–water partition coefficient (Wildman–Crippen LogP) is 3.21. The van der Waals surface area contributed by atoms with Crippen LogP contribution in [0.1, 0.15) is 45.4 Å². The summed E-state index contributed by atoms with van der Waals surface area (Å²) in [5.74, 6) is 0.440. The van der Waals surface area contributed by atoms with Crippen molar-refractivity contribution in [1.82, 2.24) is 0 Å². The van der Waals surface area contributed by atoms with Crippen LogP contribution in [0.2, 0.25) is 0 Å². The van der Waals surface area contributed by atoms with Gasteiger partial charge in [-0.3, -0.25) is 4.18 Å². The Labute approximate surface area is 90.4 Å². The zero-order valence-electron chi connectivity index (χ0n) is 9.17. The second kappa shape index (κ2) is 10.9. The Kier molecular flexibility index (Phi) is 10.8. The van der Waals surface area contributed by atoms with Crippen molar-refractivity contribution in [3.8, 4) is 0 Å². The van der Waals surface area contributed by atoms with Gasteiger partial charge in [-0.2, -0.15) is 0 Å². The van der Waals surface area contributed by atoms with Crippen LogP contribution in [0.3, 0.4) is 0 Å². The quantitative estimate of drug-likeness (QED) is 0.416. The minimum atomic E-state index is -1.15. The van der Waals surface area contributed by atoms with E-state index in [9.17, 15) is 4.21 Å². The molecule has 0 amide bonds. The van der Waals surface area contributed by atoms with E-state index in [4.69, 9.17) is 4.18 Å². The highest BCUT2D eigenvalue weighted by atomic mass is 32.2. The maximum atomic E-state index is 11.0. The number of hydrogen-bond donors (Lipinski definition) is 0.